The number of nitrogens with one attached hydrogen (secondary N) is 1. The van der Waals surface area contributed by atoms with Crippen molar-refractivity contribution in [2.45, 2.75) is 0 Å². The Morgan fingerprint density at radius 1 is 1.50 bits per heavy atom. The third-order valence-corrected chi connectivity index (χ3v) is 2.94. The molecule has 0 saturated heterocycles. The Balaban J connectivity index is 2.90. The van der Waals surface area contributed by atoms with Crippen LogP contribution < -0.4 is 4.72 Å². The summed E-state index contributed by atoms with van der Waals surface area (Å²) in [6, 6.07) is 1.45. The van der Waals surface area contributed by atoms with E-state index in [-0.39, 0.29) is 11.1 Å². The van der Waals surface area contributed by atoms with E-state index in [2.05, 4.69) is 14.7 Å². The lowest BCUT2D eigenvalue weighted by Gasteiger charge is -2.11. The number of aromatic nitrogens is 2. The first-order valence-corrected chi connectivity index (χ1v) is 5.42. The molecule has 0 bridgehead atoms. The van der Waals surface area contributed by atoms with Crippen LogP contribution in [0.1, 0.15) is 0 Å². The van der Waals surface area contributed by atoms with Crippen LogP contribution in [-0.4, -0.2) is 36.8 Å². The summed E-state index contributed by atoms with van der Waals surface area (Å²) >= 11 is 5.55. The van der Waals surface area contributed by atoms with Crippen molar-refractivity contribution in [1.29, 1.82) is 0 Å². The monoisotopic (exact) mass is 236 g/mol. The fraction of sp³-hybridized carbons (Fsp3) is 0.333. The normalized spacial score (nSPS) is 11.7. The molecule has 0 unspecified atom stereocenters. The number of nitrogens with zero attached hydrogens (tertiary/aromatic N) is 3. The number of anilines is 1. The second-order valence-electron chi connectivity index (χ2n) is 2.59. The van der Waals surface area contributed by atoms with E-state index >= 15 is 0 Å². The van der Waals surface area contributed by atoms with Crippen LogP contribution in [0.25, 0.3) is 0 Å². The second-order valence-corrected chi connectivity index (χ2v) is 4.86. The molecule has 8 heteroatoms. The Morgan fingerprint density at radius 2 is 2.14 bits per heavy atom. The summed E-state index contributed by atoms with van der Waals surface area (Å²) in [5.74, 6) is -0.0498. The maximum absolute atomic E-state index is 11.3. The van der Waals surface area contributed by atoms with Gasteiger partial charge in [0, 0.05) is 20.3 Å². The van der Waals surface area contributed by atoms with Crippen molar-refractivity contribution in [1.82, 2.24) is 14.3 Å². The van der Waals surface area contributed by atoms with Gasteiger partial charge in [0.1, 0.15) is 5.15 Å². The lowest BCUT2D eigenvalue weighted by molar-refractivity contribution is 0.526. The molecule has 0 fully saturated rings. The Labute approximate surface area is 87.1 Å². The smallest absolute Gasteiger partial charge is 0.238 e. The molecule has 0 radical (unpaired) electrons. The van der Waals surface area contributed by atoms with E-state index in [0.717, 1.165) is 4.31 Å². The van der Waals surface area contributed by atoms with Crippen LogP contribution in [-0.2, 0) is 10.2 Å². The minimum absolute atomic E-state index is 0.0498. The van der Waals surface area contributed by atoms with E-state index in [1.807, 2.05) is 0 Å². The van der Waals surface area contributed by atoms with Gasteiger partial charge in [-0.25, -0.2) is 14.7 Å². The fourth-order valence-electron chi connectivity index (χ4n) is 0.593. The fourth-order valence-corrected chi connectivity index (χ4v) is 1.24. The number of halogens is 1. The van der Waals surface area contributed by atoms with Gasteiger partial charge in [-0.15, -0.1) is 0 Å². The predicted molar refractivity (Wildman–Crippen MR) is 53.3 cm³/mol. The van der Waals surface area contributed by atoms with Gasteiger partial charge in [-0.3, -0.25) is 0 Å². The largest absolute Gasteiger partial charge is 0.303 e. The molecule has 0 saturated carbocycles. The highest BCUT2D eigenvalue weighted by molar-refractivity contribution is 7.90. The molecule has 1 N–H and O–H groups in total. The molecule has 1 rings (SSSR count). The van der Waals surface area contributed by atoms with Crippen LogP contribution in [0.2, 0.25) is 5.15 Å². The quantitative estimate of drug-likeness (QED) is 0.769. The van der Waals surface area contributed by atoms with Gasteiger partial charge in [0.2, 0.25) is 5.95 Å². The molecule has 0 atom stereocenters. The molecule has 78 valence electrons. The van der Waals surface area contributed by atoms with Crippen molar-refractivity contribution in [2.75, 3.05) is 18.8 Å². The summed E-state index contributed by atoms with van der Waals surface area (Å²) in [5.41, 5.74) is 0. The van der Waals surface area contributed by atoms with E-state index in [1.165, 1.54) is 26.4 Å². The highest BCUT2D eigenvalue weighted by Crippen LogP contribution is 2.07. The van der Waals surface area contributed by atoms with Gasteiger partial charge in [-0.1, -0.05) is 11.6 Å². The van der Waals surface area contributed by atoms with Crippen LogP contribution in [0.15, 0.2) is 12.3 Å². The van der Waals surface area contributed by atoms with Gasteiger partial charge < -0.3 is 0 Å². The van der Waals surface area contributed by atoms with Gasteiger partial charge in [0.25, 0.3) is 0 Å². The number of hydrogen-bond donors (Lipinski definition) is 1. The maximum Gasteiger partial charge on any atom is 0.303 e. The topological polar surface area (TPSA) is 75.2 Å². The average Bonchev–Trinajstić information content (AvgIpc) is 2.02. The third kappa shape index (κ3) is 2.79. The van der Waals surface area contributed by atoms with Crippen molar-refractivity contribution in [3.05, 3.63) is 17.4 Å². The van der Waals surface area contributed by atoms with Crippen LogP contribution >= 0.6 is 11.6 Å². The lowest BCUT2D eigenvalue weighted by atomic mass is 10.7. The molecule has 0 aliphatic heterocycles. The van der Waals surface area contributed by atoms with Gasteiger partial charge in [0.15, 0.2) is 0 Å². The molecule has 1 aromatic heterocycles. The highest BCUT2D eigenvalue weighted by Gasteiger charge is 2.14. The molecule has 1 heterocycles. The molecule has 0 aliphatic carbocycles. The Kier molecular flexibility index (Phi) is 3.25. The molecule has 1 aromatic rings. The summed E-state index contributed by atoms with van der Waals surface area (Å²) in [6.07, 6.45) is 1.36. The zero-order valence-corrected chi connectivity index (χ0v) is 9.17. The summed E-state index contributed by atoms with van der Waals surface area (Å²) in [5, 5.41) is 0.177. The summed E-state index contributed by atoms with van der Waals surface area (Å²) in [7, 11) is -0.777. The summed E-state index contributed by atoms with van der Waals surface area (Å²) < 4.78 is 25.8. The van der Waals surface area contributed by atoms with Crippen LogP contribution in [0.4, 0.5) is 5.95 Å². The van der Waals surface area contributed by atoms with Crippen molar-refractivity contribution in [3.8, 4) is 0 Å². The number of rotatable bonds is 3. The predicted octanol–water partition coefficient (Wildman–Crippen LogP) is 0.348. The standard InChI is InChI=1S/C6H9ClN4O2S/c1-11(2)14(12,13)10-6-8-4-3-5(7)9-6/h3-4H,1-2H3,(H,8,9,10). The first-order valence-electron chi connectivity index (χ1n) is 3.60. The van der Waals surface area contributed by atoms with Crippen molar-refractivity contribution < 1.29 is 8.42 Å². The zero-order valence-electron chi connectivity index (χ0n) is 7.60. The van der Waals surface area contributed by atoms with Gasteiger partial charge in [-0.05, 0) is 6.07 Å². The van der Waals surface area contributed by atoms with Crippen LogP contribution in [0, 0.1) is 0 Å². The first-order chi connectivity index (χ1) is 6.42. The van der Waals surface area contributed by atoms with Gasteiger partial charge in [0.05, 0.1) is 0 Å². The molecule has 0 aromatic carbocycles. The van der Waals surface area contributed by atoms with E-state index in [1.54, 1.807) is 0 Å². The minimum atomic E-state index is -3.57. The molecule has 0 aliphatic rings. The minimum Gasteiger partial charge on any atom is -0.238 e. The molecule has 0 amide bonds. The SMILES string of the molecule is CN(C)S(=O)(=O)Nc1nccc(Cl)n1. The van der Waals surface area contributed by atoms with E-state index in [4.69, 9.17) is 11.6 Å². The zero-order chi connectivity index (χ0) is 10.8. The van der Waals surface area contributed by atoms with Gasteiger partial charge in [-0.2, -0.15) is 12.7 Å². The van der Waals surface area contributed by atoms with E-state index < -0.39 is 10.2 Å². The van der Waals surface area contributed by atoms with E-state index in [9.17, 15) is 8.42 Å². The van der Waals surface area contributed by atoms with Gasteiger partial charge >= 0.3 is 10.2 Å². The Hall–Kier alpha value is -0.920. The Morgan fingerprint density at radius 3 is 2.64 bits per heavy atom. The molecular formula is C6H9ClN4O2S. The van der Waals surface area contributed by atoms with Crippen molar-refractivity contribution >= 4 is 27.8 Å². The summed E-state index contributed by atoms with van der Waals surface area (Å²) in [4.78, 5) is 7.37. The molecular weight excluding hydrogens is 228 g/mol. The summed E-state index contributed by atoms with van der Waals surface area (Å²) in [6.45, 7) is 0. The lowest BCUT2D eigenvalue weighted by Crippen LogP contribution is -2.29. The third-order valence-electron chi connectivity index (χ3n) is 1.32. The van der Waals surface area contributed by atoms with Crippen LogP contribution in [0.5, 0.6) is 0 Å². The maximum atomic E-state index is 11.3. The Bertz CT molecular complexity index is 420. The van der Waals surface area contributed by atoms with Crippen molar-refractivity contribution in [2.24, 2.45) is 0 Å². The second kappa shape index (κ2) is 4.07. The average molecular weight is 237 g/mol. The highest BCUT2D eigenvalue weighted by atomic mass is 35.5. The first kappa shape index (κ1) is 11.2. The molecule has 14 heavy (non-hydrogen) atoms. The van der Waals surface area contributed by atoms with E-state index in [0.29, 0.717) is 0 Å². The molecule has 0 spiro atoms. The van der Waals surface area contributed by atoms with Crippen molar-refractivity contribution in [3.63, 3.8) is 0 Å². The molecule has 6 nitrogen and oxygen atoms in total. The van der Waals surface area contributed by atoms with Crippen LogP contribution in [0.3, 0.4) is 0 Å². The number of hydrogen-bond acceptors (Lipinski definition) is 4.